The molecular weight excluding hydrogens is 727 g/mol. The maximum absolute atomic E-state index is 11.1. The third kappa shape index (κ3) is 4.55. The summed E-state index contributed by atoms with van der Waals surface area (Å²) in [5.41, 5.74) is 13.1. The van der Waals surface area contributed by atoms with E-state index in [1.165, 1.54) is 5.56 Å². The number of fused-ring (bicyclic) bond motifs is 12. The van der Waals surface area contributed by atoms with Crippen molar-refractivity contribution in [1.82, 2.24) is 9.13 Å². The highest BCUT2D eigenvalue weighted by Gasteiger charge is 2.29. The average Bonchev–Trinajstić information content (AvgIpc) is 4.01. The summed E-state index contributed by atoms with van der Waals surface area (Å²) in [4.78, 5) is 0. The van der Waals surface area contributed by atoms with Crippen molar-refractivity contribution in [3.05, 3.63) is 154 Å². The maximum atomic E-state index is 11.1. The molecule has 4 heterocycles. The molecule has 0 saturated heterocycles. The normalized spacial score (nSPS) is 14.6. The first kappa shape index (κ1) is 33.1. The van der Waals surface area contributed by atoms with E-state index < -0.39 is 0 Å². The number of hydrogen-bond acceptors (Lipinski definition) is 5. The summed E-state index contributed by atoms with van der Waals surface area (Å²) in [5, 5.41) is 39.1. The number of nitriles is 3. The minimum atomic E-state index is 0.260. The molecule has 0 fully saturated rings. The minimum Gasteiger partial charge on any atom is -0.456 e. The van der Waals surface area contributed by atoms with Crippen molar-refractivity contribution in [2.75, 3.05) is 0 Å². The molecular formula is C52H31N5O2. The van der Waals surface area contributed by atoms with Crippen LogP contribution in [0.5, 0.6) is 0 Å². The molecule has 1 unspecified atom stereocenters. The Morgan fingerprint density at radius 3 is 2.02 bits per heavy atom. The number of benzene rings is 6. The second-order valence-electron chi connectivity index (χ2n) is 15.7. The number of aromatic nitrogens is 2. The minimum absolute atomic E-state index is 0.260. The molecule has 10 aromatic rings. The van der Waals surface area contributed by atoms with Gasteiger partial charge in [-0.25, -0.2) is 0 Å². The SMILES string of the molecule is CC1C=Cc2c(c3cc4oc5ccccc5c4cc3n2-c2c(C#N)cccc2-c2ccc(-n3c4c(c5cc6oc7ccccc7c6cc53)C=CCC4)c(C#N)c2C#N)C1. The van der Waals surface area contributed by atoms with Crippen molar-refractivity contribution in [2.24, 2.45) is 5.92 Å². The van der Waals surface area contributed by atoms with Gasteiger partial charge in [-0.3, -0.25) is 0 Å². The molecule has 7 heteroatoms. The summed E-state index contributed by atoms with van der Waals surface area (Å²) in [6.45, 7) is 2.21. The predicted molar refractivity (Wildman–Crippen MR) is 234 cm³/mol. The monoisotopic (exact) mass is 757 g/mol. The largest absolute Gasteiger partial charge is 0.456 e. The first-order valence-electron chi connectivity index (χ1n) is 19.9. The van der Waals surface area contributed by atoms with E-state index in [2.05, 4.69) is 95.0 Å². The lowest BCUT2D eigenvalue weighted by Gasteiger charge is -2.21. The number of hydrogen-bond donors (Lipinski definition) is 0. The van der Waals surface area contributed by atoms with E-state index in [0.29, 0.717) is 34.0 Å². The van der Waals surface area contributed by atoms with Crippen molar-refractivity contribution >= 4 is 77.8 Å². The lowest BCUT2D eigenvalue weighted by Crippen LogP contribution is -2.09. The topological polar surface area (TPSA) is 108 Å². The zero-order chi connectivity index (χ0) is 39.5. The molecule has 0 saturated carbocycles. The summed E-state index contributed by atoms with van der Waals surface area (Å²) in [5.74, 6) is 0.323. The van der Waals surface area contributed by atoms with Crippen LogP contribution in [0.3, 0.4) is 0 Å². The van der Waals surface area contributed by atoms with Crippen LogP contribution in [0.15, 0.2) is 124 Å². The van der Waals surface area contributed by atoms with E-state index in [4.69, 9.17) is 8.83 Å². The van der Waals surface area contributed by atoms with Crippen LogP contribution in [0, 0.1) is 39.9 Å². The number of allylic oxidation sites excluding steroid dienone is 2. The fourth-order valence-electron chi connectivity index (χ4n) is 9.90. The van der Waals surface area contributed by atoms with Crippen LogP contribution in [0.1, 0.15) is 52.5 Å². The van der Waals surface area contributed by atoms with Crippen molar-refractivity contribution < 1.29 is 8.83 Å². The Balaban J connectivity index is 1.14. The summed E-state index contributed by atoms with van der Waals surface area (Å²) in [7, 11) is 0. The molecule has 0 N–H and O–H groups in total. The van der Waals surface area contributed by atoms with E-state index in [1.807, 2.05) is 66.7 Å². The fraction of sp³-hybridized carbons (Fsp3) is 0.0962. The number of furan rings is 2. The van der Waals surface area contributed by atoms with Crippen molar-refractivity contribution in [1.29, 1.82) is 15.8 Å². The molecule has 59 heavy (non-hydrogen) atoms. The molecule has 0 spiro atoms. The van der Waals surface area contributed by atoms with Gasteiger partial charge in [0.05, 0.1) is 39.1 Å². The average molecular weight is 758 g/mol. The van der Waals surface area contributed by atoms with Crippen molar-refractivity contribution in [3.63, 3.8) is 0 Å². The molecule has 6 aromatic carbocycles. The molecule has 2 aliphatic rings. The highest BCUT2D eigenvalue weighted by Crippen LogP contribution is 2.45. The van der Waals surface area contributed by atoms with Gasteiger partial charge in [0, 0.05) is 60.4 Å². The number of nitrogens with zero attached hydrogens (tertiary/aromatic N) is 5. The van der Waals surface area contributed by atoms with Crippen molar-refractivity contribution in [2.45, 2.75) is 26.2 Å². The quantitative estimate of drug-likeness (QED) is 0.178. The Hall–Kier alpha value is -8.05. The first-order chi connectivity index (χ1) is 29.0. The van der Waals surface area contributed by atoms with Crippen LogP contribution < -0.4 is 0 Å². The lowest BCUT2D eigenvalue weighted by molar-refractivity contribution is 0.669. The third-order valence-corrected chi connectivity index (χ3v) is 12.5. The molecule has 2 aliphatic carbocycles. The lowest BCUT2D eigenvalue weighted by atomic mass is 9.91. The third-order valence-electron chi connectivity index (χ3n) is 12.5. The van der Waals surface area contributed by atoms with Crippen LogP contribution >= 0.6 is 0 Å². The van der Waals surface area contributed by atoms with Gasteiger partial charge in [-0.15, -0.1) is 0 Å². The van der Waals surface area contributed by atoms with Crippen LogP contribution in [0.2, 0.25) is 0 Å². The smallest absolute Gasteiger partial charge is 0.136 e. The Kier molecular flexibility index (Phi) is 6.86. The van der Waals surface area contributed by atoms with Crippen molar-refractivity contribution in [3.8, 4) is 40.7 Å². The summed E-state index contributed by atoms with van der Waals surface area (Å²) in [6.07, 6.45) is 11.2. The van der Waals surface area contributed by atoms with Gasteiger partial charge in [0.1, 0.15) is 40.5 Å². The predicted octanol–water partition coefficient (Wildman–Crippen LogP) is 12.8. The van der Waals surface area contributed by atoms with Crippen LogP contribution in [-0.4, -0.2) is 9.13 Å². The number of para-hydroxylation sites is 3. The van der Waals surface area contributed by atoms with E-state index in [9.17, 15) is 15.8 Å². The summed E-state index contributed by atoms with van der Waals surface area (Å²) < 4.78 is 17.0. The highest BCUT2D eigenvalue weighted by atomic mass is 16.3. The molecule has 0 bridgehead atoms. The standard InChI is InChI=1S/C52H31N5O2/c1-29-17-19-44-36(21-29)38-25-51-40(34-12-4-7-16-49(34)59-51)23-47(38)57(44)52-30(26-53)9-8-13-35(52)31-18-20-45(42(28-55)41(31)27-54)56-43-14-5-2-10-32(43)37-24-50-39(22-46(37)56)33-11-3-6-15-48(33)58-50/h2-4,6-13,15-20,22-25,29H,5,14,21H2,1H3. The van der Waals surface area contributed by atoms with E-state index in [-0.39, 0.29) is 11.1 Å². The van der Waals surface area contributed by atoms with Gasteiger partial charge >= 0.3 is 0 Å². The van der Waals surface area contributed by atoms with Gasteiger partial charge in [0.25, 0.3) is 0 Å². The number of rotatable bonds is 3. The van der Waals surface area contributed by atoms with Gasteiger partial charge in [-0.2, -0.15) is 15.8 Å². The van der Waals surface area contributed by atoms with Crippen LogP contribution in [-0.2, 0) is 12.8 Å². The van der Waals surface area contributed by atoms with E-state index >= 15 is 0 Å². The molecule has 4 aromatic heterocycles. The van der Waals surface area contributed by atoms with Gasteiger partial charge in [0.15, 0.2) is 0 Å². The molecule has 7 nitrogen and oxygen atoms in total. The molecule has 0 aliphatic heterocycles. The molecule has 276 valence electrons. The fourth-order valence-corrected chi connectivity index (χ4v) is 9.90. The maximum Gasteiger partial charge on any atom is 0.136 e. The van der Waals surface area contributed by atoms with E-state index in [0.717, 1.165) is 102 Å². The molecule has 0 amide bonds. The Morgan fingerprint density at radius 2 is 1.31 bits per heavy atom. The second-order valence-corrected chi connectivity index (χ2v) is 15.7. The summed E-state index contributed by atoms with van der Waals surface area (Å²) in [6, 6.07) is 41.7. The van der Waals surface area contributed by atoms with Gasteiger partial charge in [-0.1, -0.05) is 79.7 Å². The second kappa shape index (κ2) is 12.2. The van der Waals surface area contributed by atoms with Gasteiger partial charge < -0.3 is 18.0 Å². The van der Waals surface area contributed by atoms with Crippen LogP contribution in [0.25, 0.3) is 100 Å². The van der Waals surface area contributed by atoms with Gasteiger partial charge in [-0.05, 0) is 85.4 Å². The Bertz CT molecular complexity index is 3710. The highest BCUT2D eigenvalue weighted by molar-refractivity contribution is 6.13. The molecule has 1 atom stereocenters. The molecule has 12 rings (SSSR count). The zero-order valence-electron chi connectivity index (χ0n) is 31.9. The zero-order valence-corrected chi connectivity index (χ0v) is 31.9. The van der Waals surface area contributed by atoms with Gasteiger partial charge in [0.2, 0.25) is 0 Å². The molecule has 0 radical (unpaired) electrons. The first-order valence-corrected chi connectivity index (χ1v) is 19.9. The summed E-state index contributed by atoms with van der Waals surface area (Å²) >= 11 is 0. The Morgan fingerprint density at radius 1 is 0.610 bits per heavy atom. The van der Waals surface area contributed by atoms with Crippen LogP contribution in [0.4, 0.5) is 0 Å². The Labute approximate surface area is 337 Å². The van der Waals surface area contributed by atoms with E-state index in [1.54, 1.807) is 0 Å².